The van der Waals surface area contributed by atoms with Gasteiger partial charge in [-0.15, -0.1) is 11.3 Å². The summed E-state index contributed by atoms with van der Waals surface area (Å²) in [6.07, 6.45) is 0. The van der Waals surface area contributed by atoms with E-state index in [1.807, 2.05) is 11.3 Å². The zero-order valence-electron chi connectivity index (χ0n) is 29.1. The largest absolute Gasteiger partial charge is 0.135 e. The van der Waals surface area contributed by atoms with E-state index in [0.29, 0.717) is 0 Å². The lowest BCUT2D eigenvalue weighted by Gasteiger charge is -2.23. The molecule has 9 aromatic carbocycles. The lowest BCUT2D eigenvalue weighted by molar-refractivity contribution is 0.661. The second-order valence-electron chi connectivity index (χ2n) is 14.9. The first-order valence-corrected chi connectivity index (χ1v) is 19.0. The first-order chi connectivity index (χ1) is 25.5. The molecule has 1 aliphatic rings. The van der Waals surface area contributed by atoms with Crippen molar-refractivity contribution in [1.29, 1.82) is 0 Å². The molecule has 11 rings (SSSR count). The third-order valence-corrected chi connectivity index (χ3v) is 12.7. The van der Waals surface area contributed by atoms with E-state index in [1.165, 1.54) is 108 Å². The maximum Gasteiger partial charge on any atom is 0.0361 e. The zero-order chi connectivity index (χ0) is 34.6. The lowest BCUT2D eigenvalue weighted by atomic mass is 9.80. The fourth-order valence-electron chi connectivity index (χ4n) is 9.07. The first kappa shape index (κ1) is 29.7. The van der Waals surface area contributed by atoms with Crippen molar-refractivity contribution in [3.8, 4) is 44.5 Å². The van der Waals surface area contributed by atoms with Crippen LogP contribution in [0.2, 0.25) is 0 Å². The SMILES string of the molecule is CC1(C)c2cc(-c3ccc4c(c3)sc3cc5ccccc5cc34)ccc2-c2ccc(-c3c4ccccc4c(-c4ccccc4)c4ccccc34)cc21. The molecule has 0 saturated heterocycles. The molecule has 0 amide bonds. The molecule has 10 aromatic rings. The minimum Gasteiger partial charge on any atom is -0.135 e. The Balaban J connectivity index is 1.04. The topological polar surface area (TPSA) is 0 Å². The van der Waals surface area contributed by atoms with Crippen LogP contribution in [0.4, 0.5) is 0 Å². The molecule has 0 N–H and O–H groups in total. The third kappa shape index (κ3) is 4.27. The van der Waals surface area contributed by atoms with Gasteiger partial charge >= 0.3 is 0 Å². The van der Waals surface area contributed by atoms with Crippen molar-refractivity contribution in [3.05, 3.63) is 181 Å². The summed E-state index contributed by atoms with van der Waals surface area (Å²) in [6, 6.07) is 63.5. The summed E-state index contributed by atoms with van der Waals surface area (Å²) in [7, 11) is 0. The summed E-state index contributed by atoms with van der Waals surface area (Å²) in [6.45, 7) is 4.81. The molecule has 0 nitrogen and oxygen atoms in total. The fourth-order valence-corrected chi connectivity index (χ4v) is 10.2. The highest BCUT2D eigenvalue weighted by atomic mass is 32.1. The number of fused-ring (bicyclic) bond motifs is 9. The molecule has 1 aromatic heterocycles. The Morgan fingerprint density at radius 3 is 1.48 bits per heavy atom. The Labute approximate surface area is 307 Å². The Morgan fingerprint density at radius 2 is 0.827 bits per heavy atom. The molecule has 1 aliphatic carbocycles. The molecular weight excluding hydrogens is 645 g/mol. The molecule has 0 radical (unpaired) electrons. The molecule has 0 unspecified atom stereocenters. The summed E-state index contributed by atoms with van der Waals surface area (Å²) in [4.78, 5) is 0. The van der Waals surface area contributed by atoms with E-state index >= 15 is 0 Å². The van der Waals surface area contributed by atoms with Crippen molar-refractivity contribution in [1.82, 2.24) is 0 Å². The number of rotatable bonds is 3. The molecule has 0 aliphatic heterocycles. The van der Waals surface area contributed by atoms with Gasteiger partial charge in [-0.2, -0.15) is 0 Å². The van der Waals surface area contributed by atoms with Crippen LogP contribution in [0.5, 0.6) is 0 Å². The molecule has 52 heavy (non-hydrogen) atoms. The van der Waals surface area contributed by atoms with Crippen LogP contribution in [-0.4, -0.2) is 0 Å². The quantitative estimate of drug-likeness (QED) is 0.163. The van der Waals surface area contributed by atoms with Gasteiger partial charge in [-0.25, -0.2) is 0 Å². The average molecular weight is 679 g/mol. The molecule has 0 saturated carbocycles. The summed E-state index contributed by atoms with van der Waals surface area (Å²) in [5.74, 6) is 0. The van der Waals surface area contributed by atoms with Gasteiger partial charge in [0.1, 0.15) is 0 Å². The first-order valence-electron chi connectivity index (χ1n) is 18.2. The third-order valence-electron chi connectivity index (χ3n) is 11.6. The minimum absolute atomic E-state index is 0.145. The van der Waals surface area contributed by atoms with E-state index in [-0.39, 0.29) is 5.41 Å². The Hall–Kier alpha value is -6.02. The summed E-state index contributed by atoms with van der Waals surface area (Å²) < 4.78 is 2.69. The van der Waals surface area contributed by atoms with E-state index in [9.17, 15) is 0 Å². The molecule has 1 heterocycles. The summed E-state index contributed by atoms with van der Waals surface area (Å²) in [5, 5.41) is 10.5. The number of hydrogen-bond acceptors (Lipinski definition) is 1. The highest BCUT2D eigenvalue weighted by Gasteiger charge is 2.36. The fraction of sp³-hybridized carbons (Fsp3) is 0.0588. The molecule has 0 bridgehead atoms. The van der Waals surface area contributed by atoms with E-state index < -0.39 is 0 Å². The minimum atomic E-state index is -0.145. The molecule has 244 valence electrons. The average Bonchev–Trinajstić information content (AvgIpc) is 3.65. The lowest BCUT2D eigenvalue weighted by Crippen LogP contribution is -2.15. The van der Waals surface area contributed by atoms with Gasteiger partial charge in [0.05, 0.1) is 0 Å². The molecule has 0 atom stereocenters. The maximum absolute atomic E-state index is 2.48. The van der Waals surface area contributed by atoms with Crippen LogP contribution >= 0.6 is 11.3 Å². The summed E-state index contributed by atoms with van der Waals surface area (Å²) >= 11 is 1.90. The normalized spacial score (nSPS) is 13.3. The second-order valence-corrected chi connectivity index (χ2v) is 15.9. The van der Waals surface area contributed by atoms with Gasteiger partial charge < -0.3 is 0 Å². The van der Waals surface area contributed by atoms with Crippen LogP contribution in [0, 0.1) is 0 Å². The number of thiophene rings is 1. The zero-order valence-corrected chi connectivity index (χ0v) is 29.9. The van der Waals surface area contributed by atoms with Gasteiger partial charge in [-0.05, 0) is 118 Å². The maximum atomic E-state index is 2.48. The van der Waals surface area contributed by atoms with Crippen molar-refractivity contribution in [2.45, 2.75) is 19.3 Å². The van der Waals surface area contributed by atoms with Gasteiger partial charge in [0, 0.05) is 25.6 Å². The van der Waals surface area contributed by atoms with Crippen LogP contribution in [0.15, 0.2) is 170 Å². The Bertz CT molecular complexity index is 3030. The van der Waals surface area contributed by atoms with Crippen LogP contribution < -0.4 is 0 Å². The van der Waals surface area contributed by atoms with Crippen LogP contribution in [0.25, 0.3) is 97.0 Å². The number of benzene rings is 9. The molecule has 0 spiro atoms. The predicted octanol–water partition coefficient (Wildman–Crippen LogP) is 14.8. The van der Waals surface area contributed by atoms with E-state index in [2.05, 4.69) is 184 Å². The number of hydrogen-bond donors (Lipinski definition) is 0. The van der Waals surface area contributed by atoms with Crippen LogP contribution in [0.1, 0.15) is 25.0 Å². The molecule has 0 fully saturated rings. The summed E-state index contributed by atoms with van der Waals surface area (Å²) in [5.41, 5.74) is 13.0. The Morgan fingerprint density at radius 1 is 0.346 bits per heavy atom. The standard InChI is InChI=1S/C51H34S/c1-51(2)45-27-34(35-21-25-39-44-26-32-14-6-7-15-33(32)29-48(44)52-47(39)30-35)20-23-37(45)38-24-22-36(28-46(38)51)50-42-18-10-8-16-40(42)49(31-12-4-3-5-13-31)41-17-9-11-19-43(41)50/h3-30H,1-2H3. The monoisotopic (exact) mass is 678 g/mol. The smallest absolute Gasteiger partial charge is 0.0361 e. The van der Waals surface area contributed by atoms with Gasteiger partial charge in [-0.3, -0.25) is 0 Å². The van der Waals surface area contributed by atoms with Crippen LogP contribution in [-0.2, 0) is 5.41 Å². The van der Waals surface area contributed by atoms with Gasteiger partial charge in [0.2, 0.25) is 0 Å². The van der Waals surface area contributed by atoms with E-state index in [0.717, 1.165) is 0 Å². The van der Waals surface area contributed by atoms with Gasteiger partial charge in [0.15, 0.2) is 0 Å². The van der Waals surface area contributed by atoms with Crippen molar-refractivity contribution in [3.63, 3.8) is 0 Å². The van der Waals surface area contributed by atoms with E-state index in [1.54, 1.807) is 0 Å². The molecule has 1 heteroatoms. The van der Waals surface area contributed by atoms with Crippen molar-refractivity contribution in [2.75, 3.05) is 0 Å². The highest BCUT2D eigenvalue weighted by molar-refractivity contribution is 7.25. The van der Waals surface area contributed by atoms with Gasteiger partial charge in [-0.1, -0.05) is 153 Å². The second kappa shape index (κ2) is 11.0. The van der Waals surface area contributed by atoms with Crippen molar-refractivity contribution < 1.29 is 0 Å². The van der Waals surface area contributed by atoms with Crippen molar-refractivity contribution in [2.24, 2.45) is 0 Å². The van der Waals surface area contributed by atoms with Gasteiger partial charge in [0.25, 0.3) is 0 Å². The van der Waals surface area contributed by atoms with Crippen molar-refractivity contribution >= 4 is 63.8 Å². The van der Waals surface area contributed by atoms with E-state index in [4.69, 9.17) is 0 Å². The molecular formula is C51H34S. The predicted molar refractivity (Wildman–Crippen MR) is 226 cm³/mol. The van der Waals surface area contributed by atoms with Crippen LogP contribution in [0.3, 0.4) is 0 Å². The Kier molecular flexibility index (Phi) is 6.27. The highest BCUT2D eigenvalue weighted by Crippen LogP contribution is 2.52.